The molecule has 0 bridgehead atoms. The number of hydrogen-bond acceptors (Lipinski definition) is 5. The normalized spacial score (nSPS) is 17.2. The van der Waals surface area contributed by atoms with E-state index in [9.17, 15) is 13.2 Å². The third-order valence-corrected chi connectivity index (χ3v) is 4.58. The molecule has 0 aliphatic carbocycles. The second kappa shape index (κ2) is 6.15. The maximum atomic E-state index is 12.4. The summed E-state index contributed by atoms with van der Waals surface area (Å²) in [5.41, 5.74) is 1.42. The zero-order chi connectivity index (χ0) is 15.6. The number of amides is 1. The Balaban J connectivity index is 1.89. The van der Waals surface area contributed by atoms with E-state index in [1.807, 2.05) is 6.92 Å². The highest BCUT2D eigenvalue weighted by atomic mass is 32.2. The third-order valence-electron chi connectivity index (χ3n) is 3.66. The van der Waals surface area contributed by atoms with Gasteiger partial charge >= 0.3 is 0 Å². The first kappa shape index (κ1) is 16.0. The number of aryl methyl sites for hydroxylation is 2. The number of rotatable bonds is 4. The van der Waals surface area contributed by atoms with Crippen molar-refractivity contribution in [2.24, 2.45) is 7.05 Å². The molecule has 1 fully saturated rings. The Bertz CT molecular complexity index is 615. The molecule has 0 aromatic carbocycles. The monoisotopic (exact) mass is 314 g/mol. The van der Waals surface area contributed by atoms with Gasteiger partial charge in [0.1, 0.15) is 15.5 Å². The fraction of sp³-hybridized carbons (Fsp3) is 0.692. The van der Waals surface area contributed by atoms with Crippen molar-refractivity contribution in [3.05, 3.63) is 17.5 Å². The smallest absolute Gasteiger partial charge is 0.272 e. The Morgan fingerprint density at radius 2 is 1.90 bits per heavy atom. The largest absolute Gasteiger partial charge is 0.335 e. The molecule has 0 atom stereocenters. The van der Waals surface area contributed by atoms with Crippen LogP contribution in [0.15, 0.2) is 6.07 Å². The molecule has 1 amide bonds. The molecule has 1 aromatic rings. The molecule has 0 spiro atoms. The lowest BCUT2D eigenvalue weighted by Crippen LogP contribution is -2.49. The molecule has 0 N–H and O–H groups in total. The highest BCUT2D eigenvalue weighted by Crippen LogP contribution is 2.10. The van der Waals surface area contributed by atoms with E-state index < -0.39 is 9.84 Å². The average molecular weight is 314 g/mol. The van der Waals surface area contributed by atoms with Crippen LogP contribution in [0.4, 0.5) is 0 Å². The Labute approximate surface area is 125 Å². The third kappa shape index (κ3) is 4.28. The Morgan fingerprint density at radius 3 is 2.38 bits per heavy atom. The van der Waals surface area contributed by atoms with Gasteiger partial charge < -0.3 is 4.90 Å². The van der Waals surface area contributed by atoms with Crippen molar-refractivity contribution in [2.45, 2.75) is 6.92 Å². The van der Waals surface area contributed by atoms with Crippen molar-refractivity contribution in [2.75, 3.05) is 44.7 Å². The quantitative estimate of drug-likeness (QED) is 0.751. The van der Waals surface area contributed by atoms with E-state index in [0.29, 0.717) is 38.4 Å². The second-order valence-corrected chi connectivity index (χ2v) is 7.82. The van der Waals surface area contributed by atoms with Crippen molar-refractivity contribution in [1.82, 2.24) is 19.6 Å². The molecule has 0 unspecified atom stereocenters. The van der Waals surface area contributed by atoms with Crippen LogP contribution in [0.5, 0.6) is 0 Å². The molecule has 0 radical (unpaired) electrons. The lowest BCUT2D eigenvalue weighted by atomic mass is 10.2. The zero-order valence-corrected chi connectivity index (χ0v) is 13.6. The molecule has 21 heavy (non-hydrogen) atoms. The van der Waals surface area contributed by atoms with Gasteiger partial charge in [-0.1, -0.05) is 0 Å². The summed E-state index contributed by atoms with van der Waals surface area (Å²) in [6, 6.07) is 1.79. The SMILES string of the molecule is Cc1cc(C(=O)N2CCN(CCS(C)(=O)=O)CC2)n(C)n1. The molecular formula is C13H22N4O3S. The topological polar surface area (TPSA) is 75.5 Å². The van der Waals surface area contributed by atoms with Crippen LogP contribution in [0, 0.1) is 6.92 Å². The Hall–Kier alpha value is -1.41. The van der Waals surface area contributed by atoms with Gasteiger partial charge in [0.15, 0.2) is 0 Å². The maximum Gasteiger partial charge on any atom is 0.272 e. The van der Waals surface area contributed by atoms with Crippen LogP contribution < -0.4 is 0 Å². The molecule has 7 nitrogen and oxygen atoms in total. The molecular weight excluding hydrogens is 292 g/mol. The first-order valence-electron chi connectivity index (χ1n) is 6.96. The van der Waals surface area contributed by atoms with Gasteiger partial charge in [-0.25, -0.2) is 8.42 Å². The van der Waals surface area contributed by atoms with Crippen LogP contribution in [0.1, 0.15) is 16.2 Å². The van der Waals surface area contributed by atoms with Crippen molar-refractivity contribution in [3.63, 3.8) is 0 Å². The molecule has 1 saturated heterocycles. The minimum atomic E-state index is -2.93. The number of nitrogens with zero attached hydrogens (tertiary/aromatic N) is 4. The minimum absolute atomic E-state index is 0.0131. The summed E-state index contributed by atoms with van der Waals surface area (Å²) in [4.78, 5) is 16.3. The molecule has 1 aliphatic heterocycles. The van der Waals surface area contributed by atoms with Crippen molar-refractivity contribution in [3.8, 4) is 0 Å². The van der Waals surface area contributed by atoms with Crippen molar-refractivity contribution in [1.29, 1.82) is 0 Å². The Kier molecular flexibility index (Phi) is 4.67. The summed E-state index contributed by atoms with van der Waals surface area (Å²) in [6.45, 7) is 5.04. The lowest BCUT2D eigenvalue weighted by Gasteiger charge is -2.34. The van der Waals surface area contributed by atoms with Gasteiger partial charge in [0.05, 0.1) is 11.4 Å². The van der Waals surface area contributed by atoms with Gasteiger partial charge in [0.2, 0.25) is 0 Å². The average Bonchev–Trinajstić information content (AvgIpc) is 2.74. The first-order valence-corrected chi connectivity index (χ1v) is 9.02. The summed E-state index contributed by atoms with van der Waals surface area (Å²) in [6.07, 6.45) is 1.25. The molecule has 0 saturated carbocycles. The van der Waals surface area contributed by atoms with E-state index in [2.05, 4.69) is 10.00 Å². The van der Waals surface area contributed by atoms with E-state index in [1.54, 1.807) is 22.7 Å². The summed E-state index contributed by atoms with van der Waals surface area (Å²) in [7, 11) is -1.17. The number of carbonyl (C=O) groups excluding carboxylic acids is 1. The predicted octanol–water partition coefficient (Wildman–Crippen LogP) is -0.469. The van der Waals surface area contributed by atoms with Crippen LogP contribution in [0.3, 0.4) is 0 Å². The van der Waals surface area contributed by atoms with E-state index >= 15 is 0 Å². The number of sulfone groups is 1. The van der Waals surface area contributed by atoms with E-state index in [1.165, 1.54) is 6.26 Å². The maximum absolute atomic E-state index is 12.4. The van der Waals surface area contributed by atoms with Crippen LogP contribution in [-0.4, -0.2) is 78.6 Å². The van der Waals surface area contributed by atoms with Gasteiger partial charge in [0, 0.05) is 46.0 Å². The van der Waals surface area contributed by atoms with Gasteiger partial charge in [0.25, 0.3) is 5.91 Å². The fourth-order valence-electron chi connectivity index (χ4n) is 2.44. The number of aromatic nitrogens is 2. The standard InChI is InChI=1S/C13H22N4O3S/c1-11-10-12(15(2)14-11)13(18)17-6-4-16(5-7-17)8-9-21(3,19)20/h10H,4-9H2,1-3H3. The number of hydrogen-bond donors (Lipinski definition) is 0. The van der Waals surface area contributed by atoms with Crippen LogP contribution in [0.25, 0.3) is 0 Å². The van der Waals surface area contributed by atoms with Gasteiger partial charge in [-0.3, -0.25) is 14.4 Å². The van der Waals surface area contributed by atoms with Crippen molar-refractivity contribution >= 4 is 15.7 Å². The zero-order valence-electron chi connectivity index (χ0n) is 12.7. The minimum Gasteiger partial charge on any atom is -0.335 e. The molecule has 1 aliphatic rings. The molecule has 2 rings (SSSR count). The summed E-state index contributed by atoms with van der Waals surface area (Å²) < 4.78 is 23.9. The number of carbonyl (C=O) groups is 1. The van der Waals surface area contributed by atoms with Gasteiger partial charge in [-0.05, 0) is 13.0 Å². The van der Waals surface area contributed by atoms with Crippen molar-refractivity contribution < 1.29 is 13.2 Å². The molecule has 1 aromatic heterocycles. The first-order chi connectivity index (χ1) is 9.76. The highest BCUT2D eigenvalue weighted by Gasteiger charge is 2.24. The lowest BCUT2D eigenvalue weighted by molar-refractivity contribution is 0.0633. The molecule has 118 valence electrons. The number of piperazine rings is 1. The summed E-state index contributed by atoms with van der Waals surface area (Å²) in [5, 5.41) is 4.19. The van der Waals surface area contributed by atoms with Crippen LogP contribution in [0.2, 0.25) is 0 Å². The molecule has 2 heterocycles. The highest BCUT2D eigenvalue weighted by molar-refractivity contribution is 7.90. The molecule has 8 heteroatoms. The van der Waals surface area contributed by atoms with E-state index in [-0.39, 0.29) is 11.7 Å². The summed E-state index contributed by atoms with van der Waals surface area (Å²) >= 11 is 0. The van der Waals surface area contributed by atoms with Gasteiger partial charge in [-0.15, -0.1) is 0 Å². The van der Waals surface area contributed by atoms with E-state index in [4.69, 9.17) is 0 Å². The predicted molar refractivity (Wildman–Crippen MR) is 80.0 cm³/mol. The summed E-state index contributed by atoms with van der Waals surface area (Å²) in [5.74, 6) is 0.155. The fourth-order valence-corrected chi connectivity index (χ4v) is 3.03. The second-order valence-electron chi connectivity index (χ2n) is 5.56. The Morgan fingerprint density at radius 1 is 1.29 bits per heavy atom. The van der Waals surface area contributed by atoms with E-state index in [0.717, 1.165) is 5.69 Å². The van der Waals surface area contributed by atoms with Gasteiger partial charge in [-0.2, -0.15) is 5.10 Å². The van der Waals surface area contributed by atoms with Crippen LogP contribution >= 0.6 is 0 Å². The van der Waals surface area contributed by atoms with Crippen LogP contribution in [-0.2, 0) is 16.9 Å².